The van der Waals surface area contributed by atoms with E-state index < -0.39 is 0 Å². The number of hydrogen-bond donors (Lipinski definition) is 1. The van der Waals surface area contributed by atoms with Crippen molar-refractivity contribution in [3.63, 3.8) is 0 Å². The van der Waals surface area contributed by atoms with Crippen molar-refractivity contribution in [2.75, 3.05) is 4.90 Å². The van der Waals surface area contributed by atoms with Crippen molar-refractivity contribution in [2.45, 2.75) is 25.9 Å². The van der Waals surface area contributed by atoms with Crippen LogP contribution < -0.4 is 10.2 Å². The fraction of sp³-hybridized carbons (Fsp3) is 0.154. The minimum atomic E-state index is -0.0777. The fourth-order valence-electron chi connectivity index (χ4n) is 4.36. The number of hydrogen-bond acceptors (Lipinski definition) is 2. The summed E-state index contributed by atoms with van der Waals surface area (Å²) < 4.78 is 3.34. The van der Waals surface area contributed by atoms with Crippen LogP contribution in [0.3, 0.4) is 0 Å². The maximum absolute atomic E-state index is 5.87. The Morgan fingerprint density at radius 3 is 2.56 bits per heavy atom. The average Bonchev–Trinajstić information content (AvgIpc) is 3.40. The van der Waals surface area contributed by atoms with Gasteiger partial charge in [0.1, 0.15) is 6.04 Å². The summed E-state index contributed by atoms with van der Waals surface area (Å²) in [6.07, 6.45) is 3.95. The largest absolute Gasteiger partial charge is 0.351 e. The van der Waals surface area contributed by atoms with E-state index >= 15 is 0 Å². The molecule has 4 nitrogen and oxygen atoms in total. The number of halogens is 1. The maximum Gasteiger partial charge on any atom is 0.174 e. The Bertz CT molecular complexity index is 1280. The lowest BCUT2D eigenvalue weighted by Crippen LogP contribution is -2.30. The van der Waals surface area contributed by atoms with Crippen LogP contribution in [0, 0.1) is 13.8 Å². The van der Waals surface area contributed by atoms with E-state index in [1.54, 1.807) is 0 Å². The number of nitrogens with one attached hydrogen (secondary N) is 1. The van der Waals surface area contributed by atoms with Crippen molar-refractivity contribution in [1.82, 2.24) is 14.9 Å². The van der Waals surface area contributed by atoms with Gasteiger partial charge in [-0.1, -0.05) is 34.1 Å². The van der Waals surface area contributed by atoms with Gasteiger partial charge in [-0.05, 0) is 91.8 Å². The molecule has 1 saturated heterocycles. The first-order valence-corrected chi connectivity index (χ1v) is 11.7. The van der Waals surface area contributed by atoms with Crippen molar-refractivity contribution < 1.29 is 0 Å². The van der Waals surface area contributed by atoms with Crippen LogP contribution in [0.5, 0.6) is 0 Å². The van der Waals surface area contributed by atoms with Crippen molar-refractivity contribution in [3.05, 3.63) is 112 Å². The Morgan fingerprint density at radius 2 is 1.81 bits per heavy atom. The highest BCUT2D eigenvalue weighted by Crippen LogP contribution is 2.42. The molecule has 0 aliphatic carbocycles. The lowest BCUT2D eigenvalue weighted by Gasteiger charge is -2.29. The van der Waals surface area contributed by atoms with Gasteiger partial charge in [-0.15, -0.1) is 0 Å². The van der Waals surface area contributed by atoms with Gasteiger partial charge in [0.2, 0.25) is 0 Å². The third kappa shape index (κ3) is 3.74. The normalized spacial score (nSPS) is 18.1. The second kappa shape index (κ2) is 8.52. The summed E-state index contributed by atoms with van der Waals surface area (Å²) in [5.41, 5.74) is 6.70. The van der Waals surface area contributed by atoms with Crippen molar-refractivity contribution in [3.8, 4) is 5.69 Å². The molecule has 1 aliphatic rings. The second-order valence-corrected chi connectivity index (χ2v) is 9.31. The molecular weight excluding hydrogens is 480 g/mol. The summed E-state index contributed by atoms with van der Waals surface area (Å²) in [7, 11) is 0. The first kappa shape index (κ1) is 20.9. The lowest BCUT2D eigenvalue weighted by atomic mass is 10.0. The number of thiocarbonyl (C=S) groups is 1. The first-order chi connectivity index (χ1) is 15.5. The van der Waals surface area contributed by atoms with Crippen LogP contribution in [0.2, 0.25) is 0 Å². The zero-order valence-corrected chi connectivity index (χ0v) is 20.3. The van der Waals surface area contributed by atoms with Gasteiger partial charge < -0.3 is 14.8 Å². The number of nitrogens with zero attached hydrogens (tertiary/aromatic N) is 3. The number of pyridine rings is 1. The molecule has 0 spiro atoms. The monoisotopic (exact) mass is 502 g/mol. The van der Waals surface area contributed by atoms with Gasteiger partial charge in [0, 0.05) is 33.9 Å². The lowest BCUT2D eigenvalue weighted by molar-refractivity contribution is 0.549. The van der Waals surface area contributed by atoms with Crippen LogP contribution in [-0.2, 0) is 0 Å². The van der Waals surface area contributed by atoms with E-state index in [4.69, 9.17) is 12.2 Å². The highest BCUT2D eigenvalue weighted by atomic mass is 79.9. The molecule has 160 valence electrons. The van der Waals surface area contributed by atoms with E-state index in [0.717, 1.165) is 27.2 Å². The van der Waals surface area contributed by atoms with Gasteiger partial charge >= 0.3 is 0 Å². The van der Waals surface area contributed by atoms with Gasteiger partial charge in [-0.3, -0.25) is 4.98 Å². The van der Waals surface area contributed by atoms with Gasteiger partial charge in [0.05, 0.1) is 11.7 Å². The van der Waals surface area contributed by atoms with Crippen molar-refractivity contribution in [1.29, 1.82) is 0 Å². The molecule has 2 atom stereocenters. The quantitative estimate of drug-likeness (QED) is 0.326. The van der Waals surface area contributed by atoms with Gasteiger partial charge in [-0.2, -0.15) is 0 Å². The summed E-state index contributed by atoms with van der Waals surface area (Å²) >= 11 is 9.50. The predicted octanol–water partition coefficient (Wildman–Crippen LogP) is 6.43. The minimum Gasteiger partial charge on any atom is -0.351 e. The molecule has 0 amide bonds. The van der Waals surface area contributed by atoms with E-state index in [2.05, 4.69) is 116 Å². The molecule has 0 saturated carbocycles. The van der Waals surface area contributed by atoms with E-state index in [-0.39, 0.29) is 12.1 Å². The minimum absolute atomic E-state index is 0.0616. The van der Waals surface area contributed by atoms with E-state index in [0.29, 0.717) is 5.11 Å². The fourth-order valence-corrected chi connectivity index (χ4v) is 4.95. The number of anilines is 1. The maximum atomic E-state index is 5.87. The molecule has 0 unspecified atom stereocenters. The predicted molar refractivity (Wildman–Crippen MR) is 137 cm³/mol. The second-order valence-electron chi connectivity index (χ2n) is 8.07. The van der Waals surface area contributed by atoms with Crippen molar-refractivity contribution in [2.24, 2.45) is 0 Å². The summed E-state index contributed by atoms with van der Waals surface area (Å²) in [4.78, 5) is 6.88. The van der Waals surface area contributed by atoms with Crippen LogP contribution in [0.25, 0.3) is 5.69 Å². The number of aryl methyl sites for hydroxylation is 2. The summed E-state index contributed by atoms with van der Waals surface area (Å²) in [5.74, 6) is 0. The Balaban J connectivity index is 1.68. The Labute approximate surface area is 202 Å². The highest BCUT2D eigenvalue weighted by Gasteiger charge is 2.42. The molecule has 1 fully saturated rings. The zero-order chi connectivity index (χ0) is 22.2. The number of rotatable bonds is 4. The Morgan fingerprint density at radius 1 is 0.938 bits per heavy atom. The molecule has 1 aliphatic heterocycles. The van der Waals surface area contributed by atoms with E-state index in [1.165, 1.54) is 11.1 Å². The van der Waals surface area contributed by atoms with E-state index in [1.807, 2.05) is 18.3 Å². The third-order valence-electron chi connectivity index (χ3n) is 5.88. The Hall–Kier alpha value is -2.96. The third-order valence-corrected chi connectivity index (χ3v) is 7.09. The Kier molecular flexibility index (Phi) is 5.57. The molecular formula is C26H23BrN4S. The molecule has 2 aromatic carbocycles. The average molecular weight is 503 g/mol. The van der Waals surface area contributed by atoms with Gasteiger partial charge in [-0.25, -0.2) is 0 Å². The van der Waals surface area contributed by atoms with Crippen LogP contribution in [-0.4, -0.2) is 14.7 Å². The molecule has 4 aromatic rings. The zero-order valence-electron chi connectivity index (χ0n) is 17.9. The molecule has 5 rings (SSSR count). The van der Waals surface area contributed by atoms with Crippen LogP contribution >= 0.6 is 28.1 Å². The standard InChI is InChI=1S/C26H23BrN4S/c1-17-7-5-8-19(15-17)30-14-6-10-23(30)25-24(22-9-3-4-13-28-22)29-26(32)31(25)20-11-12-21(27)18(2)16-20/h3-16,24-25H,1-2H3,(H,29,32)/t24-,25+/m1/s1. The summed E-state index contributed by atoms with van der Waals surface area (Å²) in [6.45, 7) is 4.22. The number of aromatic nitrogens is 2. The number of benzene rings is 2. The molecule has 1 N–H and O–H groups in total. The molecule has 3 heterocycles. The van der Waals surface area contributed by atoms with Gasteiger partial charge in [0.15, 0.2) is 5.11 Å². The topological polar surface area (TPSA) is 33.1 Å². The van der Waals surface area contributed by atoms with Crippen LogP contribution in [0.4, 0.5) is 5.69 Å². The molecule has 0 radical (unpaired) electrons. The van der Waals surface area contributed by atoms with Gasteiger partial charge in [0.25, 0.3) is 0 Å². The molecule has 2 aromatic heterocycles. The van der Waals surface area contributed by atoms with Crippen LogP contribution in [0.15, 0.2) is 89.7 Å². The molecule has 32 heavy (non-hydrogen) atoms. The highest BCUT2D eigenvalue weighted by molar-refractivity contribution is 9.10. The smallest absolute Gasteiger partial charge is 0.174 e. The summed E-state index contributed by atoms with van der Waals surface area (Å²) in [5, 5.41) is 4.25. The molecule has 6 heteroatoms. The molecule has 0 bridgehead atoms. The SMILES string of the molecule is Cc1cccc(-n2cccc2[C@H]2[C@@H](c3ccccn3)NC(=S)N2c2ccc(Br)c(C)c2)c1. The first-order valence-electron chi connectivity index (χ1n) is 10.5. The van der Waals surface area contributed by atoms with Crippen molar-refractivity contribution >= 4 is 38.9 Å². The summed E-state index contributed by atoms with van der Waals surface area (Å²) in [6, 6.07) is 25.1. The van der Waals surface area contributed by atoms with Crippen LogP contribution in [0.1, 0.15) is 34.6 Å². The van der Waals surface area contributed by atoms with E-state index in [9.17, 15) is 0 Å².